The van der Waals surface area contributed by atoms with Crippen molar-refractivity contribution >= 4 is 38.9 Å². The van der Waals surface area contributed by atoms with Gasteiger partial charge in [0.25, 0.3) is 0 Å². The van der Waals surface area contributed by atoms with E-state index in [1.165, 1.54) is 23.5 Å². The van der Waals surface area contributed by atoms with Crippen LogP contribution < -0.4 is 10.2 Å². The molecule has 180 valence electrons. The molecule has 1 fully saturated rings. The highest BCUT2D eigenvalue weighted by Gasteiger charge is 2.27. The Bertz CT molecular complexity index is 1070. The summed E-state index contributed by atoms with van der Waals surface area (Å²) in [5.41, 5.74) is 2.32. The van der Waals surface area contributed by atoms with Crippen LogP contribution in [0.25, 0.3) is 0 Å². The molecule has 0 aliphatic heterocycles. The predicted octanol–water partition coefficient (Wildman–Crippen LogP) is 4.37. The maximum atomic E-state index is 13.4. The highest BCUT2D eigenvalue weighted by atomic mass is 35.5. The molecule has 1 saturated carbocycles. The second kappa shape index (κ2) is 11.3. The average molecular weight is 494 g/mol. The van der Waals surface area contributed by atoms with E-state index in [1.54, 1.807) is 12.1 Å². The molecule has 0 aromatic heterocycles. The van der Waals surface area contributed by atoms with E-state index in [2.05, 4.69) is 5.32 Å². The molecule has 9 heteroatoms. The van der Waals surface area contributed by atoms with Gasteiger partial charge in [-0.3, -0.25) is 4.79 Å². The van der Waals surface area contributed by atoms with Gasteiger partial charge in [-0.25, -0.2) is 8.42 Å². The second-order valence-electron chi connectivity index (χ2n) is 8.50. The molecule has 0 unspecified atom stereocenters. The third-order valence-corrected chi connectivity index (χ3v) is 7.96. The molecule has 1 amide bonds. The summed E-state index contributed by atoms with van der Waals surface area (Å²) in [7, 11) is 1.52. The van der Waals surface area contributed by atoms with Crippen molar-refractivity contribution in [1.82, 2.24) is 4.31 Å². The van der Waals surface area contributed by atoms with Crippen LogP contribution in [0, 0.1) is 5.92 Å². The van der Waals surface area contributed by atoms with E-state index in [0.717, 1.165) is 36.9 Å². The molecule has 1 aliphatic carbocycles. The smallest absolute Gasteiger partial charge is 0.243 e. The standard InChI is InChI=1S/C24H32ClN3O4S/c1-27(2)23-12-11-21(26-24(29)18-7-4-5-8-18)15-19(23)17-28(13-14-32-3)33(30,31)22-10-6-9-20(25)16-22/h6,9-12,15-16,18H,4-5,7-8,13-14,17H2,1-3H3,(H,26,29). The van der Waals surface area contributed by atoms with Gasteiger partial charge in [-0.05, 0) is 54.8 Å². The number of methoxy groups -OCH3 is 1. The molecular formula is C24H32ClN3O4S. The largest absolute Gasteiger partial charge is 0.383 e. The van der Waals surface area contributed by atoms with Crippen LogP contribution in [0.3, 0.4) is 0 Å². The number of carbonyl (C=O) groups excluding carboxylic acids is 1. The van der Waals surface area contributed by atoms with Crippen molar-refractivity contribution in [3.8, 4) is 0 Å². The van der Waals surface area contributed by atoms with Gasteiger partial charge < -0.3 is 15.0 Å². The van der Waals surface area contributed by atoms with Crippen molar-refractivity contribution in [1.29, 1.82) is 0 Å². The lowest BCUT2D eigenvalue weighted by Gasteiger charge is -2.26. The van der Waals surface area contributed by atoms with E-state index in [0.29, 0.717) is 10.7 Å². The maximum absolute atomic E-state index is 13.4. The average Bonchev–Trinajstić information content (AvgIpc) is 3.31. The first-order chi connectivity index (χ1) is 15.7. The number of nitrogens with one attached hydrogen (secondary N) is 1. The Morgan fingerprint density at radius 3 is 2.52 bits per heavy atom. The van der Waals surface area contributed by atoms with Crippen molar-refractivity contribution in [3.05, 3.63) is 53.1 Å². The molecule has 3 rings (SSSR count). The van der Waals surface area contributed by atoms with Gasteiger partial charge in [0.05, 0.1) is 11.5 Å². The zero-order chi connectivity index (χ0) is 24.0. The highest BCUT2D eigenvalue weighted by molar-refractivity contribution is 7.89. The number of hydrogen-bond acceptors (Lipinski definition) is 5. The fourth-order valence-corrected chi connectivity index (χ4v) is 5.81. The van der Waals surface area contributed by atoms with E-state index in [4.69, 9.17) is 16.3 Å². The first-order valence-electron chi connectivity index (χ1n) is 11.1. The van der Waals surface area contributed by atoms with E-state index < -0.39 is 10.0 Å². The van der Waals surface area contributed by atoms with E-state index in [9.17, 15) is 13.2 Å². The number of sulfonamides is 1. The van der Waals surface area contributed by atoms with E-state index >= 15 is 0 Å². The molecule has 7 nitrogen and oxygen atoms in total. The van der Waals surface area contributed by atoms with Gasteiger partial charge in [0.2, 0.25) is 15.9 Å². The van der Waals surface area contributed by atoms with Crippen molar-refractivity contribution in [3.63, 3.8) is 0 Å². The van der Waals surface area contributed by atoms with Crippen LogP contribution in [0.4, 0.5) is 11.4 Å². The Morgan fingerprint density at radius 1 is 1.15 bits per heavy atom. The van der Waals surface area contributed by atoms with Gasteiger partial charge in [0.15, 0.2) is 0 Å². The SMILES string of the molecule is COCCN(Cc1cc(NC(=O)C2CCCC2)ccc1N(C)C)S(=O)(=O)c1cccc(Cl)c1. The summed E-state index contributed by atoms with van der Waals surface area (Å²) in [6.45, 7) is 0.547. The van der Waals surface area contributed by atoms with Crippen molar-refractivity contribution < 1.29 is 17.9 Å². The highest BCUT2D eigenvalue weighted by Crippen LogP contribution is 2.30. The van der Waals surface area contributed by atoms with Crippen LogP contribution in [0.15, 0.2) is 47.4 Å². The summed E-state index contributed by atoms with van der Waals surface area (Å²) in [5, 5.41) is 3.37. The first kappa shape index (κ1) is 25.5. The zero-order valence-electron chi connectivity index (χ0n) is 19.4. The van der Waals surface area contributed by atoms with Gasteiger partial charge >= 0.3 is 0 Å². The number of ether oxygens (including phenoxy) is 1. The Balaban J connectivity index is 1.92. The predicted molar refractivity (Wildman–Crippen MR) is 132 cm³/mol. The summed E-state index contributed by atoms with van der Waals surface area (Å²) in [6.07, 6.45) is 3.99. The topological polar surface area (TPSA) is 79.0 Å². The molecule has 2 aromatic carbocycles. The summed E-state index contributed by atoms with van der Waals surface area (Å²) >= 11 is 6.06. The van der Waals surface area contributed by atoms with Crippen molar-refractivity contribution in [2.45, 2.75) is 37.1 Å². The Morgan fingerprint density at radius 2 is 1.88 bits per heavy atom. The van der Waals surface area contributed by atoms with Crippen LogP contribution >= 0.6 is 11.6 Å². The number of carbonyl (C=O) groups is 1. The lowest BCUT2D eigenvalue weighted by Crippen LogP contribution is -2.34. The van der Waals surface area contributed by atoms with Gasteiger partial charge in [0.1, 0.15) is 0 Å². The van der Waals surface area contributed by atoms with Gasteiger partial charge in [-0.15, -0.1) is 0 Å². The molecule has 0 saturated heterocycles. The number of anilines is 2. The van der Waals surface area contributed by atoms with Crippen LogP contribution in [0.2, 0.25) is 5.02 Å². The normalized spacial score (nSPS) is 14.6. The third-order valence-electron chi connectivity index (χ3n) is 5.88. The number of hydrogen-bond donors (Lipinski definition) is 1. The molecule has 0 bridgehead atoms. The number of benzene rings is 2. The molecule has 0 heterocycles. The fraction of sp³-hybridized carbons (Fsp3) is 0.458. The number of rotatable bonds is 10. The van der Waals surface area contributed by atoms with E-state index in [-0.39, 0.29) is 36.4 Å². The van der Waals surface area contributed by atoms with Gasteiger partial charge in [-0.2, -0.15) is 4.31 Å². The minimum Gasteiger partial charge on any atom is -0.383 e. The summed E-state index contributed by atoms with van der Waals surface area (Å²) in [5.74, 6) is 0.0715. The molecule has 0 radical (unpaired) electrons. The molecule has 33 heavy (non-hydrogen) atoms. The van der Waals surface area contributed by atoms with Gasteiger partial charge in [0, 0.05) is 56.6 Å². The summed E-state index contributed by atoms with van der Waals surface area (Å²) in [6, 6.07) is 11.9. The Hall–Kier alpha value is -2.13. The van der Waals surface area contributed by atoms with Crippen LogP contribution in [-0.2, 0) is 26.1 Å². The first-order valence-corrected chi connectivity index (χ1v) is 12.9. The molecule has 1 N–H and O–H groups in total. The maximum Gasteiger partial charge on any atom is 0.243 e. The second-order valence-corrected chi connectivity index (χ2v) is 10.9. The molecule has 0 spiro atoms. The van der Waals surface area contributed by atoms with Gasteiger partial charge in [-0.1, -0.05) is 30.5 Å². The minimum atomic E-state index is -3.82. The molecule has 1 aliphatic rings. The van der Waals surface area contributed by atoms with Crippen LogP contribution in [-0.4, -0.2) is 53.0 Å². The van der Waals surface area contributed by atoms with Crippen molar-refractivity contribution in [2.75, 3.05) is 44.6 Å². The quantitative estimate of drug-likeness (QED) is 0.531. The number of amides is 1. The minimum absolute atomic E-state index is 0.0267. The molecule has 2 aromatic rings. The third kappa shape index (κ3) is 6.47. The lowest BCUT2D eigenvalue weighted by atomic mass is 10.1. The summed E-state index contributed by atoms with van der Waals surface area (Å²) < 4.78 is 33.4. The molecular weight excluding hydrogens is 462 g/mol. The zero-order valence-corrected chi connectivity index (χ0v) is 21.0. The summed E-state index contributed by atoms with van der Waals surface area (Å²) in [4.78, 5) is 14.7. The fourth-order valence-electron chi connectivity index (χ4n) is 4.10. The van der Waals surface area contributed by atoms with Crippen LogP contribution in [0.5, 0.6) is 0 Å². The van der Waals surface area contributed by atoms with E-state index in [1.807, 2.05) is 37.2 Å². The van der Waals surface area contributed by atoms with Crippen molar-refractivity contribution in [2.24, 2.45) is 5.92 Å². The number of halogens is 1. The van der Waals surface area contributed by atoms with Crippen LogP contribution in [0.1, 0.15) is 31.2 Å². The Kier molecular flexibility index (Phi) is 8.75. The monoisotopic (exact) mass is 493 g/mol. The Labute approximate surface area is 201 Å². The molecule has 0 atom stereocenters. The number of nitrogens with zero attached hydrogens (tertiary/aromatic N) is 2. The lowest BCUT2D eigenvalue weighted by molar-refractivity contribution is -0.119.